The Morgan fingerprint density at radius 1 is 1.73 bits per heavy atom. The van der Waals surface area contributed by atoms with Gasteiger partial charge in [-0.3, -0.25) is 0 Å². The molecule has 0 aliphatic carbocycles. The van der Waals surface area contributed by atoms with Crippen molar-refractivity contribution in [2.75, 3.05) is 0 Å². The van der Waals surface area contributed by atoms with Crippen molar-refractivity contribution in [2.24, 2.45) is 0 Å². The van der Waals surface area contributed by atoms with E-state index in [2.05, 4.69) is 4.98 Å². The zero-order valence-corrected chi connectivity index (χ0v) is 9.61. The molecule has 0 aliphatic heterocycles. The number of nitrogens with one attached hydrogen (secondary N) is 1. The Bertz CT molecular complexity index is 585. The minimum Gasteiger partial charge on any atom is -0.478 e. The van der Waals surface area contributed by atoms with Crippen molar-refractivity contribution in [1.82, 2.24) is 4.98 Å². The lowest BCUT2D eigenvalue weighted by Gasteiger charge is -1.97. The Morgan fingerprint density at radius 3 is 3.07 bits per heavy atom. The van der Waals surface area contributed by atoms with E-state index >= 15 is 0 Å². The van der Waals surface area contributed by atoms with E-state index < -0.39 is 5.97 Å². The van der Waals surface area contributed by atoms with Gasteiger partial charge in [0.25, 0.3) is 0 Å². The second-order valence-electron chi connectivity index (χ2n) is 3.02. The molecule has 2 aromatic heterocycles. The third-order valence-electron chi connectivity index (χ3n) is 2.18. The van der Waals surface area contributed by atoms with Crippen molar-refractivity contribution in [1.29, 1.82) is 0 Å². The Kier molecular flexibility index (Phi) is 2.54. The summed E-state index contributed by atoms with van der Waals surface area (Å²) in [7, 11) is 0. The normalized spacial score (nSPS) is 10.7. The van der Waals surface area contributed by atoms with E-state index in [-0.39, 0.29) is 0 Å². The molecule has 6 heteroatoms. The highest BCUT2D eigenvalue weighted by atomic mass is 32.1. The van der Waals surface area contributed by atoms with Crippen LogP contribution in [0.15, 0.2) is 11.7 Å². The smallest absolute Gasteiger partial charge is 0.340 e. The van der Waals surface area contributed by atoms with Gasteiger partial charge in [-0.1, -0.05) is 0 Å². The van der Waals surface area contributed by atoms with Gasteiger partial charge in [-0.2, -0.15) is 0 Å². The fourth-order valence-corrected chi connectivity index (χ4v) is 2.71. The molecule has 0 bridgehead atoms. The predicted molar refractivity (Wildman–Crippen MR) is 59.8 cm³/mol. The molecule has 2 heterocycles. The zero-order chi connectivity index (χ0) is 11.0. The number of aryl methyl sites for hydroxylation is 1. The molecule has 2 N–H and O–H groups in total. The van der Waals surface area contributed by atoms with Gasteiger partial charge < -0.3 is 5.11 Å². The van der Waals surface area contributed by atoms with Gasteiger partial charge >= 0.3 is 5.97 Å². The van der Waals surface area contributed by atoms with Gasteiger partial charge in [-0.25, -0.2) is 14.3 Å². The molecule has 15 heavy (non-hydrogen) atoms. The van der Waals surface area contributed by atoms with Crippen LogP contribution in [0.3, 0.4) is 0 Å². The second-order valence-corrected chi connectivity index (χ2v) is 4.31. The van der Waals surface area contributed by atoms with Crippen LogP contribution in [0.5, 0.6) is 0 Å². The van der Waals surface area contributed by atoms with Crippen LogP contribution < -0.4 is 4.57 Å². The van der Waals surface area contributed by atoms with Crippen LogP contribution in [-0.4, -0.2) is 16.1 Å². The van der Waals surface area contributed by atoms with Crippen molar-refractivity contribution in [3.05, 3.63) is 21.9 Å². The van der Waals surface area contributed by atoms with E-state index in [1.807, 2.05) is 11.5 Å². The number of H-pyrrole nitrogens is 1. The average Bonchev–Trinajstić information content (AvgIpc) is 2.64. The standard InChI is InChI=1S/C9H8N2O2S2/c1-2-11-4-10-8(14)7-6(11)5(3-15-7)9(12)13/h3-4H,2H2,1H3,(H,12,13)/p+1. The highest BCUT2D eigenvalue weighted by Crippen LogP contribution is 2.23. The maximum atomic E-state index is 11.0. The molecule has 0 amide bonds. The van der Waals surface area contributed by atoms with E-state index in [9.17, 15) is 4.79 Å². The summed E-state index contributed by atoms with van der Waals surface area (Å²) in [5.74, 6) is -0.913. The lowest BCUT2D eigenvalue weighted by atomic mass is 10.3. The Balaban J connectivity index is 2.93. The van der Waals surface area contributed by atoms with Gasteiger partial charge in [-0.05, 0) is 19.1 Å². The number of thiophene rings is 1. The molecule has 0 saturated heterocycles. The topological polar surface area (TPSA) is 57.0 Å². The molecule has 0 fully saturated rings. The third kappa shape index (κ3) is 1.55. The van der Waals surface area contributed by atoms with E-state index in [4.69, 9.17) is 17.3 Å². The summed E-state index contributed by atoms with van der Waals surface area (Å²) in [4.78, 5) is 13.9. The first-order valence-corrected chi connectivity index (χ1v) is 5.69. The number of hydrogen-bond acceptors (Lipinski definition) is 3. The Labute approximate surface area is 94.8 Å². The fourth-order valence-electron chi connectivity index (χ4n) is 1.47. The van der Waals surface area contributed by atoms with Gasteiger partial charge in [0.1, 0.15) is 10.3 Å². The fraction of sp³-hybridized carbons (Fsp3) is 0.222. The SMILES string of the molecule is CC[n+]1c[nH]c(=S)c2scc(C(=O)O)c21. The van der Waals surface area contributed by atoms with Gasteiger partial charge in [0.2, 0.25) is 11.0 Å². The van der Waals surface area contributed by atoms with Gasteiger partial charge in [0.15, 0.2) is 5.52 Å². The number of carboxylic acids is 1. The van der Waals surface area contributed by atoms with E-state index in [0.29, 0.717) is 22.3 Å². The first kappa shape index (κ1) is 10.3. The van der Waals surface area contributed by atoms with Crippen LogP contribution in [0.2, 0.25) is 0 Å². The Morgan fingerprint density at radius 2 is 2.47 bits per heavy atom. The third-order valence-corrected chi connectivity index (χ3v) is 3.62. The first-order valence-electron chi connectivity index (χ1n) is 4.40. The van der Waals surface area contributed by atoms with Crippen LogP contribution in [-0.2, 0) is 6.54 Å². The van der Waals surface area contributed by atoms with Crippen LogP contribution in [0.1, 0.15) is 17.3 Å². The first-order chi connectivity index (χ1) is 7.15. The van der Waals surface area contributed by atoms with Crippen LogP contribution in [0, 0.1) is 4.64 Å². The van der Waals surface area contributed by atoms with Crippen LogP contribution >= 0.6 is 23.6 Å². The maximum Gasteiger partial charge on any atom is 0.340 e. The quantitative estimate of drug-likeness (QED) is 0.624. The molecule has 0 unspecified atom stereocenters. The molecular formula is C9H9N2O2S2+. The molecule has 0 atom stereocenters. The van der Waals surface area contributed by atoms with Gasteiger partial charge in [-0.15, -0.1) is 11.3 Å². The second kappa shape index (κ2) is 3.71. The number of nitrogens with zero attached hydrogens (tertiary/aromatic N) is 1. The van der Waals surface area contributed by atoms with Crippen molar-refractivity contribution < 1.29 is 14.5 Å². The number of fused-ring (bicyclic) bond motifs is 1. The number of hydrogen-bond donors (Lipinski definition) is 2. The minimum absolute atomic E-state index is 0.317. The van der Waals surface area contributed by atoms with Crippen molar-refractivity contribution in [3.8, 4) is 0 Å². The number of carbonyl (C=O) groups is 1. The molecular weight excluding hydrogens is 232 g/mol. The Hall–Kier alpha value is -1.27. The van der Waals surface area contributed by atoms with Crippen LogP contribution in [0.25, 0.3) is 10.2 Å². The highest BCUT2D eigenvalue weighted by molar-refractivity contribution is 7.71. The predicted octanol–water partition coefficient (Wildman–Crippen LogP) is 1.96. The summed E-state index contributed by atoms with van der Waals surface area (Å²) in [6, 6.07) is 0. The average molecular weight is 241 g/mol. The number of carboxylic acid groups (broad SMARTS) is 1. The highest BCUT2D eigenvalue weighted by Gasteiger charge is 2.18. The summed E-state index contributed by atoms with van der Waals surface area (Å²) in [6.45, 7) is 2.67. The lowest BCUT2D eigenvalue weighted by Crippen LogP contribution is -2.34. The van der Waals surface area contributed by atoms with Crippen molar-refractivity contribution in [3.63, 3.8) is 0 Å². The number of aromatic amines is 1. The molecule has 78 valence electrons. The largest absolute Gasteiger partial charge is 0.478 e. The zero-order valence-electron chi connectivity index (χ0n) is 7.98. The monoisotopic (exact) mass is 241 g/mol. The number of aromatic nitrogens is 2. The molecule has 0 spiro atoms. The van der Waals surface area contributed by atoms with Crippen LogP contribution in [0.4, 0.5) is 0 Å². The molecule has 0 aliphatic rings. The molecule has 0 radical (unpaired) electrons. The van der Waals surface area contributed by atoms with Crippen molar-refractivity contribution >= 4 is 39.7 Å². The van der Waals surface area contributed by atoms with Crippen molar-refractivity contribution in [2.45, 2.75) is 13.5 Å². The molecule has 0 saturated carbocycles. The summed E-state index contributed by atoms with van der Waals surface area (Å²) in [5, 5.41) is 10.7. The molecule has 2 aromatic rings. The molecule has 2 rings (SSSR count). The molecule has 0 aromatic carbocycles. The van der Waals surface area contributed by atoms with Gasteiger partial charge in [0, 0.05) is 5.38 Å². The molecule has 4 nitrogen and oxygen atoms in total. The van der Waals surface area contributed by atoms with Gasteiger partial charge in [0.05, 0.1) is 6.54 Å². The summed E-state index contributed by atoms with van der Waals surface area (Å²) in [5.41, 5.74) is 1.02. The van der Waals surface area contributed by atoms with E-state index in [0.717, 1.165) is 4.70 Å². The van der Waals surface area contributed by atoms with E-state index in [1.54, 1.807) is 11.7 Å². The number of rotatable bonds is 2. The summed E-state index contributed by atoms with van der Waals surface area (Å²) >= 11 is 6.47. The lowest BCUT2D eigenvalue weighted by molar-refractivity contribution is -0.670. The summed E-state index contributed by atoms with van der Waals surface area (Å²) in [6.07, 6.45) is 1.71. The minimum atomic E-state index is -0.913. The van der Waals surface area contributed by atoms with E-state index in [1.165, 1.54) is 11.3 Å². The maximum absolute atomic E-state index is 11.0. The number of aromatic carboxylic acids is 1. The summed E-state index contributed by atoms with van der Waals surface area (Å²) < 4.78 is 3.27.